The Balaban J connectivity index is 2.23. The Labute approximate surface area is 128 Å². The van der Waals surface area contributed by atoms with E-state index in [1.54, 1.807) is 10.9 Å². The summed E-state index contributed by atoms with van der Waals surface area (Å²) in [6, 6.07) is 9.19. The summed E-state index contributed by atoms with van der Waals surface area (Å²) in [5.41, 5.74) is 6.57. The van der Waals surface area contributed by atoms with Gasteiger partial charge in [-0.15, -0.1) is 0 Å². The number of hydrogen-bond donors (Lipinski definition) is 1. The number of ether oxygens (including phenoxy) is 1. The van der Waals surface area contributed by atoms with Gasteiger partial charge in [-0.3, -0.25) is 4.68 Å². The van der Waals surface area contributed by atoms with E-state index in [-0.39, 0.29) is 0 Å². The number of methoxy groups -OCH3 is 1. The Morgan fingerprint density at radius 3 is 2.62 bits per heavy atom. The maximum Gasteiger partial charge on any atom is 0.330 e. The molecule has 2 aromatic rings. The lowest BCUT2D eigenvalue weighted by Crippen LogP contribution is -2.46. The molecule has 0 radical (unpaired) electrons. The predicted molar refractivity (Wildman–Crippen MR) is 80.9 cm³/mol. The maximum absolute atomic E-state index is 12.1. The van der Waals surface area contributed by atoms with Crippen LogP contribution in [0.4, 0.5) is 0 Å². The number of hydrogen-bond acceptors (Lipinski definition) is 4. The van der Waals surface area contributed by atoms with Crippen molar-refractivity contribution in [3.8, 4) is 0 Å². The summed E-state index contributed by atoms with van der Waals surface area (Å²) in [5, 5.41) is 4.86. The highest BCUT2D eigenvalue weighted by molar-refractivity contribution is 6.31. The van der Waals surface area contributed by atoms with E-state index < -0.39 is 11.5 Å². The van der Waals surface area contributed by atoms with Crippen molar-refractivity contribution in [1.82, 2.24) is 9.78 Å². The van der Waals surface area contributed by atoms with Gasteiger partial charge in [-0.1, -0.05) is 41.9 Å². The van der Waals surface area contributed by atoms with E-state index in [2.05, 4.69) is 5.10 Å². The van der Waals surface area contributed by atoms with Gasteiger partial charge in [-0.2, -0.15) is 5.10 Å². The minimum absolute atomic E-state index is 0.362. The van der Waals surface area contributed by atoms with Crippen LogP contribution >= 0.6 is 11.6 Å². The van der Waals surface area contributed by atoms with Gasteiger partial charge in [0, 0.05) is 12.7 Å². The second kappa shape index (κ2) is 6.28. The van der Waals surface area contributed by atoms with Gasteiger partial charge in [0.25, 0.3) is 0 Å². The summed E-state index contributed by atoms with van der Waals surface area (Å²) in [6.07, 6.45) is 2.08. The molecule has 5 nitrogen and oxygen atoms in total. The molecule has 0 aliphatic heterocycles. The van der Waals surface area contributed by atoms with Crippen LogP contribution in [0.1, 0.15) is 17.7 Å². The lowest BCUT2D eigenvalue weighted by molar-refractivity contribution is -0.148. The number of nitrogens with zero attached hydrogens (tertiary/aromatic N) is 2. The van der Waals surface area contributed by atoms with E-state index >= 15 is 0 Å². The van der Waals surface area contributed by atoms with Gasteiger partial charge >= 0.3 is 5.97 Å². The van der Waals surface area contributed by atoms with Crippen molar-refractivity contribution in [1.29, 1.82) is 0 Å². The van der Waals surface area contributed by atoms with E-state index in [4.69, 9.17) is 22.1 Å². The average Bonchev–Trinajstić information content (AvgIpc) is 2.83. The largest absolute Gasteiger partial charge is 0.467 e. The quantitative estimate of drug-likeness (QED) is 0.860. The second-order valence-electron chi connectivity index (χ2n) is 4.90. The third kappa shape index (κ3) is 3.25. The topological polar surface area (TPSA) is 70.1 Å². The number of rotatable bonds is 5. The first-order valence-corrected chi connectivity index (χ1v) is 6.97. The Morgan fingerprint density at radius 2 is 2.10 bits per heavy atom. The molecule has 2 N–H and O–H groups in total. The number of halogens is 1. The first kappa shape index (κ1) is 15.5. The molecular weight excluding hydrogens is 290 g/mol. The van der Waals surface area contributed by atoms with Crippen LogP contribution in [-0.4, -0.2) is 22.9 Å². The van der Waals surface area contributed by atoms with Gasteiger partial charge in [-0.05, 0) is 18.9 Å². The fraction of sp³-hybridized carbons (Fsp3) is 0.333. The van der Waals surface area contributed by atoms with Crippen LogP contribution in [0.3, 0.4) is 0 Å². The number of carbonyl (C=O) groups excluding carboxylic acids is 1. The lowest BCUT2D eigenvalue weighted by atomic mass is 9.87. The zero-order chi connectivity index (χ0) is 15.5. The SMILES string of the molecule is COC(=O)C(N)(CCn1cc(Cl)c(C)n1)c1ccccc1. The number of aromatic nitrogens is 2. The molecule has 112 valence electrons. The molecule has 1 unspecified atom stereocenters. The van der Waals surface area contributed by atoms with Crippen molar-refractivity contribution in [2.75, 3.05) is 7.11 Å². The fourth-order valence-electron chi connectivity index (χ4n) is 2.18. The summed E-state index contributed by atoms with van der Waals surface area (Å²) < 4.78 is 6.55. The Morgan fingerprint density at radius 1 is 1.43 bits per heavy atom. The third-order valence-electron chi connectivity index (χ3n) is 3.46. The summed E-state index contributed by atoms with van der Waals surface area (Å²) in [5.74, 6) is -0.469. The molecule has 0 saturated carbocycles. The monoisotopic (exact) mass is 307 g/mol. The second-order valence-corrected chi connectivity index (χ2v) is 5.31. The van der Waals surface area contributed by atoms with Gasteiger partial charge in [0.15, 0.2) is 0 Å². The molecule has 0 aliphatic rings. The van der Waals surface area contributed by atoms with Gasteiger partial charge < -0.3 is 10.5 Å². The zero-order valence-corrected chi connectivity index (χ0v) is 12.8. The highest BCUT2D eigenvalue weighted by atomic mass is 35.5. The number of esters is 1. The van der Waals surface area contributed by atoms with Crippen LogP contribution in [0.25, 0.3) is 0 Å². The maximum atomic E-state index is 12.1. The van der Waals surface area contributed by atoms with Crippen molar-refractivity contribution in [2.24, 2.45) is 5.73 Å². The van der Waals surface area contributed by atoms with E-state index in [0.717, 1.165) is 5.69 Å². The van der Waals surface area contributed by atoms with Crippen molar-refractivity contribution in [2.45, 2.75) is 25.4 Å². The van der Waals surface area contributed by atoms with Crippen LogP contribution < -0.4 is 5.73 Å². The number of carbonyl (C=O) groups is 1. The molecule has 0 saturated heterocycles. The molecule has 1 atom stereocenters. The average molecular weight is 308 g/mol. The molecule has 0 fully saturated rings. The molecule has 1 aromatic carbocycles. The minimum atomic E-state index is -1.21. The summed E-state index contributed by atoms with van der Waals surface area (Å²) in [4.78, 5) is 12.1. The molecule has 2 rings (SSSR count). The number of nitrogens with two attached hydrogens (primary N) is 1. The molecule has 0 aliphatic carbocycles. The highest BCUT2D eigenvalue weighted by Crippen LogP contribution is 2.25. The smallest absolute Gasteiger partial charge is 0.330 e. The minimum Gasteiger partial charge on any atom is -0.467 e. The first-order chi connectivity index (χ1) is 9.97. The van der Waals surface area contributed by atoms with Gasteiger partial charge in [0.05, 0.1) is 17.8 Å². The van der Waals surface area contributed by atoms with E-state index in [9.17, 15) is 4.79 Å². The molecule has 1 heterocycles. The normalized spacial score (nSPS) is 13.7. The Kier molecular flexibility index (Phi) is 4.65. The summed E-state index contributed by atoms with van der Waals surface area (Å²) in [6.45, 7) is 2.29. The van der Waals surface area contributed by atoms with E-state index in [1.807, 2.05) is 37.3 Å². The number of aryl methyl sites for hydroxylation is 2. The molecule has 6 heteroatoms. The Bertz CT molecular complexity index is 608. The third-order valence-corrected chi connectivity index (χ3v) is 3.83. The predicted octanol–water partition coefficient (Wildman–Crippen LogP) is 2.26. The molecule has 21 heavy (non-hydrogen) atoms. The van der Waals surface area contributed by atoms with Crippen molar-refractivity contribution in [3.05, 3.63) is 52.8 Å². The van der Waals surface area contributed by atoms with Crippen molar-refractivity contribution < 1.29 is 9.53 Å². The highest BCUT2D eigenvalue weighted by Gasteiger charge is 2.37. The molecular formula is C15H18ClN3O2. The van der Waals surface area contributed by atoms with Crippen LogP contribution in [0.15, 0.2) is 36.5 Å². The molecule has 1 aromatic heterocycles. The van der Waals surface area contributed by atoms with Crippen molar-refractivity contribution in [3.63, 3.8) is 0 Å². The Hall–Kier alpha value is -1.85. The fourth-order valence-corrected chi connectivity index (χ4v) is 2.33. The summed E-state index contributed by atoms with van der Waals surface area (Å²) >= 11 is 5.98. The molecule has 0 amide bonds. The van der Waals surface area contributed by atoms with Gasteiger partial charge in [-0.25, -0.2) is 4.79 Å². The summed E-state index contributed by atoms with van der Waals surface area (Å²) in [7, 11) is 1.34. The van der Waals surface area contributed by atoms with Crippen LogP contribution in [0.5, 0.6) is 0 Å². The van der Waals surface area contributed by atoms with E-state index in [1.165, 1.54) is 7.11 Å². The van der Waals surface area contributed by atoms with Crippen LogP contribution in [0, 0.1) is 6.92 Å². The molecule has 0 spiro atoms. The van der Waals surface area contributed by atoms with Crippen molar-refractivity contribution >= 4 is 17.6 Å². The standard InChI is InChI=1S/C15H18ClN3O2/c1-11-13(16)10-19(18-11)9-8-15(17,14(20)21-2)12-6-4-3-5-7-12/h3-7,10H,8-9,17H2,1-2H3. The van der Waals surface area contributed by atoms with Gasteiger partial charge in [0.1, 0.15) is 5.54 Å². The number of benzene rings is 1. The van der Waals surface area contributed by atoms with Crippen LogP contribution in [0.2, 0.25) is 5.02 Å². The zero-order valence-electron chi connectivity index (χ0n) is 12.0. The van der Waals surface area contributed by atoms with Crippen LogP contribution in [-0.2, 0) is 21.6 Å². The van der Waals surface area contributed by atoms with Gasteiger partial charge in [0.2, 0.25) is 0 Å². The van der Waals surface area contributed by atoms with E-state index in [0.29, 0.717) is 23.6 Å². The molecule has 0 bridgehead atoms. The lowest BCUT2D eigenvalue weighted by Gasteiger charge is -2.27. The first-order valence-electron chi connectivity index (χ1n) is 6.60.